The molecule has 2 atom stereocenters. The molecule has 2 aromatic carbocycles. The number of likely N-dealkylation sites (N-methyl/N-ethyl adjacent to an activating group) is 1. The zero-order valence-corrected chi connectivity index (χ0v) is 17.6. The van der Waals surface area contributed by atoms with E-state index in [0.717, 1.165) is 20.9 Å². The third-order valence-corrected chi connectivity index (χ3v) is 6.55. The van der Waals surface area contributed by atoms with Crippen molar-refractivity contribution in [3.8, 4) is 0 Å². The minimum Gasteiger partial charge on any atom is -0.324 e. The molecule has 0 bridgehead atoms. The van der Waals surface area contributed by atoms with E-state index >= 15 is 0 Å². The summed E-state index contributed by atoms with van der Waals surface area (Å²) in [7, 11) is 1.94. The van der Waals surface area contributed by atoms with Crippen LogP contribution in [0.3, 0.4) is 0 Å². The number of rotatable bonds is 4. The number of amides is 2. The summed E-state index contributed by atoms with van der Waals surface area (Å²) in [6.45, 7) is 4.22. The number of fused-ring (bicyclic) bond motifs is 2. The van der Waals surface area contributed by atoms with Gasteiger partial charge in [0.2, 0.25) is 11.8 Å². The van der Waals surface area contributed by atoms with Crippen LogP contribution in [-0.2, 0) is 9.59 Å². The molecule has 0 aliphatic carbocycles. The Bertz CT molecular complexity index is 1030. The number of nitrogens with zero attached hydrogens (tertiary/aromatic N) is 3. The fraction of sp³-hybridized carbons (Fsp3) is 0.318. The number of thiazole rings is 1. The van der Waals surface area contributed by atoms with E-state index in [9.17, 15) is 9.59 Å². The Labute approximate surface area is 174 Å². The number of nitrogens with one attached hydrogen (secondary N) is 1. The Hall–Kier alpha value is -2.77. The molecule has 0 saturated heterocycles. The second-order valence-electron chi connectivity index (χ2n) is 7.49. The number of aromatic nitrogens is 1. The molecule has 6 nitrogen and oxygen atoms in total. The fourth-order valence-corrected chi connectivity index (χ4v) is 4.74. The molecule has 2 heterocycles. The van der Waals surface area contributed by atoms with Gasteiger partial charge in [-0.15, -0.1) is 11.3 Å². The maximum atomic E-state index is 13.3. The Kier molecular flexibility index (Phi) is 5.34. The highest BCUT2D eigenvalue weighted by Crippen LogP contribution is 2.32. The molecule has 150 valence electrons. The van der Waals surface area contributed by atoms with Crippen LogP contribution in [0.25, 0.3) is 10.2 Å². The molecule has 2 amide bonds. The lowest BCUT2D eigenvalue weighted by atomic mass is 10.1. The minimum absolute atomic E-state index is 0.00800. The lowest BCUT2D eigenvalue weighted by Gasteiger charge is -2.31. The predicted molar refractivity (Wildman–Crippen MR) is 117 cm³/mol. The first-order valence-corrected chi connectivity index (χ1v) is 10.5. The van der Waals surface area contributed by atoms with Gasteiger partial charge in [-0.1, -0.05) is 24.3 Å². The molecule has 1 aliphatic heterocycles. The van der Waals surface area contributed by atoms with Crippen molar-refractivity contribution in [1.29, 1.82) is 0 Å². The van der Waals surface area contributed by atoms with E-state index < -0.39 is 0 Å². The monoisotopic (exact) mass is 408 g/mol. The van der Waals surface area contributed by atoms with Crippen LogP contribution in [0.4, 0.5) is 11.4 Å². The molecule has 4 rings (SSSR count). The highest BCUT2D eigenvalue weighted by Gasteiger charge is 2.31. The third-order valence-electron chi connectivity index (χ3n) is 5.34. The summed E-state index contributed by atoms with van der Waals surface area (Å²) < 4.78 is 1.15. The summed E-state index contributed by atoms with van der Waals surface area (Å²) >= 11 is 1.66. The number of anilines is 2. The van der Waals surface area contributed by atoms with Crippen LogP contribution in [0.5, 0.6) is 0 Å². The van der Waals surface area contributed by atoms with Crippen molar-refractivity contribution in [1.82, 2.24) is 9.88 Å². The minimum atomic E-state index is -0.211. The van der Waals surface area contributed by atoms with Gasteiger partial charge in [-0.3, -0.25) is 14.5 Å². The summed E-state index contributed by atoms with van der Waals surface area (Å²) in [5.41, 5.74) is 2.41. The summed E-state index contributed by atoms with van der Waals surface area (Å²) in [6, 6.07) is 15.3. The number of para-hydroxylation sites is 3. The third kappa shape index (κ3) is 3.88. The molecule has 0 radical (unpaired) electrons. The quantitative estimate of drug-likeness (QED) is 0.707. The van der Waals surface area contributed by atoms with Crippen LogP contribution in [-0.4, -0.2) is 41.3 Å². The van der Waals surface area contributed by atoms with Gasteiger partial charge in [0.1, 0.15) is 5.01 Å². The van der Waals surface area contributed by atoms with Crippen LogP contribution in [0.1, 0.15) is 31.3 Å². The van der Waals surface area contributed by atoms with Crippen LogP contribution in [0.2, 0.25) is 0 Å². The highest BCUT2D eigenvalue weighted by atomic mass is 32.1. The van der Waals surface area contributed by atoms with E-state index in [2.05, 4.69) is 18.3 Å². The fourth-order valence-electron chi connectivity index (χ4n) is 3.65. The molecule has 0 saturated carbocycles. The molecule has 1 aliphatic rings. The van der Waals surface area contributed by atoms with E-state index in [1.807, 2.05) is 61.3 Å². The Morgan fingerprint density at radius 3 is 2.79 bits per heavy atom. The average Bonchev–Trinajstić information content (AvgIpc) is 3.07. The molecule has 29 heavy (non-hydrogen) atoms. The van der Waals surface area contributed by atoms with Crippen molar-refractivity contribution >= 4 is 44.7 Å². The predicted octanol–water partition coefficient (Wildman–Crippen LogP) is 4.05. The summed E-state index contributed by atoms with van der Waals surface area (Å²) in [5.74, 6) is -0.103. The zero-order chi connectivity index (χ0) is 20.5. The molecule has 7 heteroatoms. The summed E-state index contributed by atoms with van der Waals surface area (Å²) in [4.78, 5) is 33.9. The normalized spacial score (nSPS) is 17.7. The van der Waals surface area contributed by atoms with Crippen molar-refractivity contribution in [2.75, 3.05) is 23.8 Å². The number of hydrogen-bond donors (Lipinski definition) is 1. The van der Waals surface area contributed by atoms with Gasteiger partial charge in [-0.05, 0) is 45.2 Å². The van der Waals surface area contributed by atoms with Crippen LogP contribution < -0.4 is 10.2 Å². The van der Waals surface area contributed by atoms with Gasteiger partial charge in [0.05, 0.1) is 34.2 Å². The van der Waals surface area contributed by atoms with Crippen LogP contribution in [0.15, 0.2) is 48.5 Å². The van der Waals surface area contributed by atoms with E-state index in [1.54, 1.807) is 16.2 Å². The van der Waals surface area contributed by atoms with Crippen molar-refractivity contribution in [3.63, 3.8) is 0 Å². The van der Waals surface area contributed by atoms with E-state index in [1.165, 1.54) is 0 Å². The van der Waals surface area contributed by atoms with E-state index in [4.69, 9.17) is 4.98 Å². The Morgan fingerprint density at radius 2 is 2.00 bits per heavy atom. The molecule has 0 fully saturated rings. The van der Waals surface area contributed by atoms with Gasteiger partial charge in [0.25, 0.3) is 0 Å². The smallest absolute Gasteiger partial charge is 0.241 e. The van der Waals surface area contributed by atoms with E-state index in [-0.39, 0.29) is 36.9 Å². The molecule has 2 unspecified atom stereocenters. The van der Waals surface area contributed by atoms with Crippen molar-refractivity contribution < 1.29 is 9.59 Å². The second-order valence-corrected chi connectivity index (χ2v) is 8.56. The molecular formula is C22H24N4O2S. The molecule has 1 aromatic heterocycles. The average molecular weight is 409 g/mol. The topological polar surface area (TPSA) is 65.5 Å². The molecule has 1 N–H and O–H groups in total. The number of hydrogen-bond acceptors (Lipinski definition) is 5. The van der Waals surface area contributed by atoms with Gasteiger partial charge >= 0.3 is 0 Å². The first kappa shape index (κ1) is 19.5. The summed E-state index contributed by atoms with van der Waals surface area (Å²) in [6.07, 6.45) is 0.275. The Balaban J connectivity index is 1.55. The molecule has 3 aromatic rings. The van der Waals surface area contributed by atoms with Gasteiger partial charge in [0.15, 0.2) is 0 Å². The van der Waals surface area contributed by atoms with Crippen LogP contribution in [0, 0.1) is 0 Å². The summed E-state index contributed by atoms with van der Waals surface area (Å²) in [5, 5.41) is 3.89. The van der Waals surface area contributed by atoms with Gasteiger partial charge in [-0.25, -0.2) is 4.98 Å². The highest BCUT2D eigenvalue weighted by molar-refractivity contribution is 7.18. The first-order chi connectivity index (χ1) is 13.9. The van der Waals surface area contributed by atoms with Crippen molar-refractivity contribution in [3.05, 3.63) is 53.5 Å². The Morgan fingerprint density at radius 1 is 1.28 bits per heavy atom. The number of carbonyl (C=O) groups is 2. The standard InChI is InChI=1S/C22H24N4O2S/c1-14-12-20(27)23-16-8-4-6-10-18(16)26(14)21(28)13-25(3)15(2)22-24-17-9-5-7-11-19(17)29-22/h4-11,14-15H,12-13H2,1-3H3,(H,23,27). The SMILES string of the molecule is CC(c1nc2ccccc2s1)N(C)CC(=O)N1c2ccccc2NC(=O)CC1C. The zero-order valence-electron chi connectivity index (χ0n) is 16.8. The second kappa shape index (κ2) is 7.93. The maximum absolute atomic E-state index is 13.3. The van der Waals surface area contributed by atoms with E-state index in [0.29, 0.717) is 5.69 Å². The van der Waals surface area contributed by atoms with Gasteiger partial charge in [-0.2, -0.15) is 0 Å². The van der Waals surface area contributed by atoms with Crippen molar-refractivity contribution in [2.45, 2.75) is 32.4 Å². The van der Waals surface area contributed by atoms with Crippen molar-refractivity contribution in [2.24, 2.45) is 0 Å². The van der Waals surface area contributed by atoms with Gasteiger partial charge in [0, 0.05) is 12.5 Å². The molecular weight excluding hydrogens is 384 g/mol. The lowest BCUT2D eigenvalue weighted by molar-refractivity contribution is -0.120. The largest absolute Gasteiger partial charge is 0.324 e. The molecule has 0 spiro atoms. The number of carbonyl (C=O) groups excluding carboxylic acids is 2. The number of benzene rings is 2. The first-order valence-electron chi connectivity index (χ1n) is 9.70. The van der Waals surface area contributed by atoms with Crippen LogP contribution >= 0.6 is 11.3 Å². The van der Waals surface area contributed by atoms with Gasteiger partial charge < -0.3 is 10.2 Å². The lowest BCUT2D eigenvalue weighted by Crippen LogP contribution is -2.44. The maximum Gasteiger partial charge on any atom is 0.241 e.